The molecule has 0 saturated heterocycles. The van der Waals surface area contributed by atoms with Crippen molar-refractivity contribution in [3.63, 3.8) is 0 Å². The maximum atomic E-state index is 6.30. The maximum Gasteiger partial charge on any atom is 0.0467 e. The number of anilines is 1. The largest absolute Gasteiger partial charge is 0.371 e. The molecule has 0 fully saturated rings. The lowest BCUT2D eigenvalue weighted by Gasteiger charge is -2.27. The third kappa shape index (κ3) is 4.94. The molecule has 0 heterocycles. The first-order chi connectivity index (χ1) is 9.67. The van der Waals surface area contributed by atoms with E-state index in [9.17, 15) is 0 Å². The molecule has 0 atom stereocenters. The second kappa shape index (κ2) is 9.64. The Hall–Kier alpha value is -0.250. The normalized spacial score (nSPS) is 11.1. The Labute approximate surface area is 137 Å². The van der Waals surface area contributed by atoms with Gasteiger partial charge < -0.3 is 9.80 Å². The maximum absolute atomic E-state index is 6.30. The molecule has 0 aliphatic rings. The van der Waals surface area contributed by atoms with Crippen molar-refractivity contribution < 1.29 is 0 Å². The summed E-state index contributed by atoms with van der Waals surface area (Å²) in [5, 5.41) is 1.65. The van der Waals surface area contributed by atoms with E-state index in [1.54, 1.807) is 0 Å². The van der Waals surface area contributed by atoms with E-state index < -0.39 is 0 Å². The molecule has 0 unspecified atom stereocenters. The van der Waals surface area contributed by atoms with Crippen LogP contribution in [0.5, 0.6) is 0 Å². The summed E-state index contributed by atoms with van der Waals surface area (Å²) in [5.41, 5.74) is 2.45. The van der Waals surface area contributed by atoms with E-state index >= 15 is 0 Å². The predicted molar refractivity (Wildman–Crippen MR) is 94.4 cm³/mol. The zero-order valence-electron chi connectivity index (χ0n) is 12.8. The number of halogens is 2. The number of hydrogen-bond donors (Lipinski definition) is 0. The van der Waals surface area contributed by atoms with Gasteiger partial charge >= 0.3 is 0 Å². The minimum Gasteiger partial charge on any atom is -0.371 e. The van der Waals surface area contributed by atoms with Crippen LogP contribution in [0.15, 0.2) is 18.2 Å². The summed E-state index contributed by atoms with van der Waals surface area (Å²) < 4.78 is 0. The first kappa shape index (κ1) is 17.8. The van der Waals surface area contributed by atoms with Gasteiger partial charge in [0.2, 0.25) is 0 Å². The van der Waals surface area contributed by atoms with Crippen molar-refractivity contribution in [1.82, 2.24) is 4.90 Å². The lowest BCUT2D eigenvalue weighted by Crippen LogP contribution is -2.30. The summed E-state index contributed by atoms with van der Waals surface area (Å²) in [5.74, 6) is 0. The fraction of sp³-hybridized carbons (Fsp3) is 0.625. The Morgan fingerprint density at radius 3 is 2.30 bits per heavy atom. The van der Waals surface area contributed by atoms with Gasteiger partial charge in [0.1, 0.15) is 0 Å². The molecule has 0 aliphatic carbocycles. The van der Waals surface area contributed by atoms with Crippen LogP contribution in [0.4, 0.5) is 5.69 Å². The molecule has 0 radical (unpaired) electrons. The van der Waals surface area contributed by atoms with Crippen molar-refractivity contribution >= 4 is 33.2 Å². The van der Waals surface area contributed by atoms with Crippen molar-refractivity contribution in [3.8, 4) is 0 Å². The Morgan fingerprint density at radius 2 is 1.75 bits per heavy atom. The standard InChI is InChI=1S/C16H26BrClN2/c1-4-19(5-2)11-8-12-20(6-3)16-10-7-9-15(18)14(16)13-17/h7,9-10H,4-6,8,11-13H2,1-3H3. The third-order valence-electron chi connectivity index (χ3n) is 3.75. The summed E-state index contributed by atoms with van der Waals surface area (Å²) in [7, 11) is 0. The highest BCUT2D eigenvalue weighted by atomic mass is 79.9. The van der Waals surface area contributed by atoms with Gasteiger partial charge in [0.25, 0.3) is 0 Å². The zero-order chi connectivity index (χ0) is 15.0. The van der Waals surface area contributed by atoms with Crippen LogP contribution in [0.2, 0.25) is 5.02 Å². The van der Waals surface area contributed by atoms with Gasteiger partial charge in [0.05, 0.1) is 0 Å². The van der Waals surface area contributed by atoms with Crippen LogP contribution in [-0.2, 0) is 5.33 Å². The molecule has 1 aromatic carbocycles. The molecule has 4 heteroatoms. The highest BCUT2D eigenvalue weighted by Gasteiger charge is 2.12. The molecule has 20 heavy (non-hydrogen) atoms. The highest BCUT2D eigenvalue weighted by Crippen LogP contribution is 2.29. The van der Waals surface area contributed by atoms with Gasteiger partial charge in [-0.25, -0.2) is 0 Å². The molecule has 0 spiro atoms. The monoisotopic (exact) mass is 360 g/mol. The van der Waals surface area contributed by atoms with Crippen molar-refractivity contribution in [2.45, 2.75) is 32.5 Å². The van der Waals surface area contributed by atoms with E-state index in [2.05, 4.69) is 52.6 Å². The van der Waals surface area contributed by atoms with Crippen LogP contribution >= 0.6 is 27.5 Å². The first-order valence-electron chi connectivity index (χ1n) is 7.48. The zero-order valence-corrected chi connectivity index (χ0v) is 15.2. The summed E-state index contributed by atoms with van der Waals surface area (Å²) in [6.45, 7) is 12.2. The number of hydrogen-bond acceptors (Lipinski definition) is 2. The second-order valence-corrected chi connectivity index (χ2v) is 5.80. The lowest BCUT2D eigenvalue weighted by molar-refractivity contribution is 0.301. The minimum atomic E-state index is 0.800. The van der Waals surface area contributed by atoms with Gasteiger partial charge in [-0.3, -0.25) is 0 Å². The average molecular weight is 362 g/mol. The topological polar surface area (TPSA) is 6.48 Å². The van der Waals surface area contributed by atoms with Gasteiger partial charge in [-0.2, -0.15) is 0 Å². The van der Waals surface area contributed by atoms with Crippen LogP contribution in [0.25, 0.3) is 0 Å². The SMILES string of the molecule is CCN(CC)CCCN(CC)c1cccc(Cl)c1CBr. The Morgan fingerprint density at radius 1 is 1.05 bits per heavy atom. The van der Waals surface area contributed by atoms with Crippen molar-refractivity contribution in [2.24, 2.45) is 0 Å². The van der Waals surface area contributed by atoms with Crippen LogP contribution in [0.3, 0.4) is 0 Å². The van der Waals surface area contributed by atoms with Gasteiger partial charge in [0, 0.05) is 34.7 Å². The van der Waals surface area contributed by atoms with Gasteiger partial charge in [-0.1, -0.05) is 47.4 Å². The molecule has 0 aromatic heterocycles. The lowest BCUT2D eigenvalue weighted by atomic mass is 10.1. The predicted octanol–water partition coefficient (Wildman–Crippen LogP) is 4.79. The van der Waals surface area contributed by atoms with Crippen molar-refractivity contribution in [1.29, 1.82) is 0 Å². The molecular weight excluding hydrogens is 336 g/mol. The molecule has 1 rings (SSSR count). The molecule has 0 bridgehead atoms. The second-order valence-electron chi connectivity index (χ2n) is 4.83. The molecule has 1 aromatic rings. The van der Waals surface area contributed by atoms with Gasteiger partial charge in [-0.15, -0.1) is 0 Å². The summed E-state index contributed by atoms with van der Waals surface area (Å²) in [6, 6.07) is 6.17. The quantitative estimate of drug-likeness (QED) is 0.583. The third-order valence-corrected chi connectivity index (χ3v) is 4.66. The molecule has 2 nitrogen and oxygen atoms in total. The molecule has 0 aliphatic heterocycles. The van der Waals surface area contributed by atoms with Crippen LogP contribution in [0, 0.1) is 0 Å². The molecule has 0 amide bonds. The number of alkyl halides is 1. The molecule has 0 N–H and O–H groups in total. The van der Waals surface area contributed by atoms with Crippen molar-refractivity contribution in [2.75, 3.05) is 37.6 Å². The molecular formula is C16H26BrClN2. The minimum absolute atomic E-state index is 0.800. The Bertz CT molecular complexity index is 394. The number of nitrogens with zero attached hydrogens (tertiary/aromatic N) is 2. The smallest absolute Gasteiger partial charge is 0.0467 e. The molecule has 114 valence electrons. The van der Waals surface area contributed by atoms with E-state index in [1.165, 1.54) is 17.7 Å². The van der Waals surface area contributed by atoms with Gasteiger partial charge in [-0.05, 0) is 45.1 Å². The van der Waals surface area contributed by atoms with Crippen LogP contribution < -0.4 is 4.90 Å². The van der Waals surface area contributed by atoms with E-state index in [-0.39, 0.29) is 0 Å². The van der Waals surface area contributed by atoms with E-state index in [0.29, 0.717) is 0 Å². The summed E-state index contributed by atoms with van der Waals surface area (Å²) >= 11 is 9.85. The summed E-state index contributed by atoms with van der Waals surface area (Å²) in [4.78, 5) is 4.89. The molecule has 0 saturated carbocycles. The highest BCUT2D eigenvalue weighted by molar-refractivity contribution is 9.08. The average Bonchev–Trinajstić information content (AvgIpc) is 2.47. The Kier molecular flexibility index (Phi) is 8.58. The van der Waals surface area contributed by atoms with Crippen molar-refractivity contribution in [3.05, 3.63) is 28.8 Å². The Balaban J connectivity index is 2.69. The van der Waals surface area contributed by atoms with E-state index in [1.807, 2.05) is 12.1 Å². The van der Waals surface area contributed by atoms with E-state index in [4.69, 9.17) is 11.6 Å². The van der Waals surface area contributed by atoms with E-state index in [0.717, 1.165) is 43.1 Å². The van der Waals surface area contributed by atoms with Crippen LogP contribution in [-0.4, -0.2) is 37.6 Å². The summed E-state index contributed by atoms with van der Waals surface area (Å²) in [6.07, 6.45) is 1.18. The number of benzene rings is 1. The first-order valence-corrected chi connectivity index (χ1v) is 8.98. The van der Waals surface area contributed by atoms with Crippen LogP contribution in [0.1, 0.15) is 32.8 Å². The number of rotatable bonds is 9. The fourth-order valence-electron chi connectivity index (χ4n) is 2.45. The van der Waals surface area contributed by atoms with Gasteiger partial charge in [0.15, 0.2) is 0 Å². The fourth-order valence-corrected chi connectivity index (χ4v) is 3.44.